The van der Waals surface area contributed by atoms with Gasteiger partial charge in [0, 0.05) is 24.1 Å². The van der Waals surface area contributed by atoms with Crippen LogP contribution in [-0.4, -0.2) is 44.4 Å². The first-order valence-electron chi connectivity index (χ1n) is 5.53. The molecule has 2 rings (SSSR count). The van der Waals surface area contributed by atoms with Crippen LogP contribution in [0.3, 0.4) is 0 Å². The van der Waals surface area contributed by atoms with Crippen molar-refractivity contribution in [1.82, 2.24) is 9.97 Å². The van der Waals surface area contributed by atoms with Crippen LogP contribution in [0.1, 0.15) is 0 Å². The average molecular weight is 264 g/mol. The summed E-state index contributed by atoms with van der Waals surface area (Å²) < 4.78 is 0. The maximum Gasteiger partial charge on any atom is 0.270 e. The SMILES string of the molecule is O=[N+]([O-])c1ccc2ncnc(NCC(O)CO)c2c1. The number of aliphatic hydroxyl groups is 2. The van der Waals surface area contributed by atoms with Gasteiger partial charge in [-0.25, -0.2) is 9.97 Å². The molecule has 0 radical (unpaired) electrons. The van der Waals surface area contributed by atoms with Gasteiger partial charge in [-0.3, -0.25) is 10.1 Å². The van der Waals surface area contributed by atoms with E-state index in [2.05, 4.69) is 15.3 Å². The summed E-state index contributed by atoms with van der Waals surface area (Å²) in [5, 5.41) is 32.0. The van der Waals surface area contributed by atoms with Gasteiger partial charge in [-0.1, -0.05) is 0 Å². The quantitative estimate of drug-likeness (QED) is 0.524. The number of fused-ring (bicyclic) bond motifs is 1. The molecule has 1 unspecified atom stereocenters. The number of hydrogen-bond acceptors (Lipinski definition) is 7. The van der Waals surface area contributed by atoms with Crippen LogP contribution in [0.25, 0.3) is 10.9 Å². The first-order chi connectivity index (χ1) is 9.11. The Morgan fingerprint density at radius 3 is 2.89 bits per heavy atom. The summed E-state index contributed by atoms with van der Waals surface area (Å²) in [6, 6.07) is 4.26. The summed E-state index contributed by atoms with van der Waals surface area (Å²) in [6.07, 6.45) is 0.394. The van der Waals surface area contributed by atoms with Crippen molar-refractivity contribution < 1.29 is 15.1 Å². The normalized spacial score (nSPS) is 12.3. The fraction of sp³-hybridized carbons (Fsp3) is 0.273. The van der Waals surface area contributed by atoms with E-state index in [9.17, 15) is 15.2 Å². The number of nitrogens with zero attached hydrogens (tertiary/aromatic N) is 3. The maximum atomic E-state index is 10.7. The Morgan fingerprint density at radius 2 is 2.21 bits per heavy atom. The minimum atomic E-state index is -0.927. The van der Waals surface area contributed by atoms with Crippen molar-refractivity contribution in [3.05, 3.63) is 34.6 Å². The molecule has 2 aromatic rings. The van der Waals surface area contributed by atoms with Gasteiger partial charge in [-0.15, -0.1) is 0 Å². The van der Waals surface area contributed by atoms with Crippen LogP contribution in [-0.2, 0) is 0 Å². The van der Waals surface area contributed by atoms with Gasteiger partial charge < -0.3 is 15.5 Å². The third-order valence-electron chi connectivity index (χ3n) is 2.55. The Bertz CT molecular complexity index is 604. The highest BCUT2D eigenvalue weighted by molar-refractivity contribution is 5.90. The molecule has 19 heavy (non-hydrogen) atoms. The first-order valence-corrected chi connectivity index (χ1v) is 5.53. The monoisotopic (exact) mass is 264 g/mol. The number of nitrogens with one attached hydrogen (secondary N) is 1. The third kappa shape index (κ3) is 2.92. The Labute approximate surface area is 107 Å². The molecular formula is C11H12N4O4. The van der Waals surface area contributed by atoms with E-state index < -0.39 is 11.0 Å². The second-order valence-corrected chi connectivity index (χ2v) is 3.90. The number of rotatable bonds is 5. The van der Waals surface area contributed by atoms with E-state index in [1.807, 2.05) is 0 Å². The molecule has 0 bridgehead atoms. The van der Waals surface area contributed by atoms with Gasteiger partial charge in [0.25, 0.3) is 5.69 Å². The van der Waals surface area contributed by atoms with Gasteiger partial charge >= 0.3 is 0 Å². The van der Waals surface area contributed by atoms with Crippen LogP contribution in [0.15, 0.2) is 24.5 Å². The average Bonchev–Trinajstić information content (AvgIpc) is 2.43. The molecule has 0 spiro atoms. The molecule has 3 N–H and O–H groups in total. The molecule has 8 nitrogen and oxygen atoms in total. The number of aliphatic hydroxyl groups excluding tert-OH is 2. The number of nitro groups is 1. The number of hydrogen-bond donors (Lipinski definition) is 3. The summed E-state index contributed by atoms with van der Waals surface area (Å²) in [5.41, 5.74) is 0.495. The molecule has 1 aromatic carbocycles. The van der Waals surface area contributed by atoms with Gasteiger partial charge in [-0.05, 0) is 6.07 Å². The van der Waals surface area contributed by atoms with E-state index in [4.69, 9.17) is 5.11 Å². The summed E-state index contributed by atoms with van der Waals surface area (Å²) in [7, 11) is 0. The number of non-ortho nitro benzene ring substituents is 1. The molecule has 1 aromatic heterocycles. The van der Waals surface area contributed by atoms with Crippen LogP contribution >= 0.6 is 0 Å². The topological polar surface area (TPSA) is 121 Å². The van der Waals surface area contributed by atoms with Crippen LogP contribution < -0.4 is 5.32 Å². The van der Waals surface area contributed by atoms with Gasteiger partial charge in [0.1, 0.15) is 12.1 Å². The Balaban J connectivity index is 2.37. The summed E-state index contributed by atoms with van der Waals surface area (Å²) in [4.78, 5) is 18.2. The highest BCUT2D eigenvalue weighted by atomic mass is 16.6. The van der Waals surface area contributed by atoms with Crippen LogP contribution in [0, 0.1) is 10.1 Å². The Hall–Kier alpha value is -2.32. The molecule has 0 saturated heterocycles. The Morgan fingerprint density at radius 1 is 1.42 bits per heavy atom. The molecule has 0 amide bonds. The zero-order valence-corrected chi connectivity index (χ0v) is 9.85. The zero-order chi connectivity index (χ0) is 13.8. The highest BCUT2D eigenvalue weighted by Crippen LogP contribution is 2.24. The predicted octanol–water partition coefficient (Wildman–Crippen LogP) is 0.303. The smallest absolute Gasteiger partial charge is 0.270 e. The third-order valence-corrected chi connectivity index (χ3v) is 2.55. The first kappa shape index (κ1) is 13.1. The van der Waals surface area contributed by atoms with E-state index in [-0.39, 0.29) is 18.8 Å². The largest absolute Gasteiger partial charge is 0.394 e. The van der Waals surface area contributed by atoms with Crippen molar-refractivity contribution in [2.45, 2.75) is 6.10 Å². The van der Waals surface area contributed by atoms with Crippen molar-refractivity contribution in [1.29, 1.82) is 0 Å². The van der Waals surface area contributed by atoms with Crippen LogP contribution in [0.5, 0.6) is 0 Å². The molecule has 0 aliphatic heterocycles. The molecule has 0 saturated carbocycles. The fourth-order valence-electron chi connectivity index (χ4n) is 1.58. The fourth-order valence-corrected chi connectivity index (χ4v) is 1.58. The lowest BCUT2D eigenvalue weighted by molar-refractivity contribution is -0.384. The van der Waals surface area contributed by atoms with E-state index in [0.29, 0.717) is 16.7 Å². The van der Waals surface area contributed by atoms with E-state index in [1.54, 1.807) is 0 Å². The van der Waals surface area contributed by atoms with Crippen molar-refractivity contribution >= 4 is 22.4 Å². The molecule has 0 aliphatic rings. The molecular weight excluding hydrogens is 252 g/mol. The number of benzene rings is 1. The van der Waals surface area contributed by atoms with Crippen LogP contribution in [0.2, 0.25) is 0 Å². The minimum absolute atomic E-state index is 0.0620. The van der Waals surface area contributed by atoms with Crippen molar-refractivity contribution in [2.75, 3.05) is 18.5 Å². The van der Waals surface area contributed by atoms with Gasteiger partial charge in [-0.2, -0.15) is 0 Å². The zero-order valence-electron chi connectivity index (χ0n) is 9.85. The Kier molecular flexibility index (Phi) is 3.83. The second kappa shape index (κ2) is 5.55. The van der Waals surface area contributed by atoms with E-state index in [1.165, 1.54) is 24.5 Å². The molecule has 0 fully saturated rings. The predicted molar refractivity (Wildman–Crippen MR) is 67.8 cm³/mol. The molecule has 8 heteroatoms. The van der Waals surface area contributed by atoms with E-state index >= 15 is 0 Å². The number of anilines is 1. The van der Waals surface area contributed by atoms with Gasteiger partial charge in [0.15, 0.2) is 0 Å². The summed E-state index contributed by atoms with van der Waals surface area (Å²) in [6.45, 7) is -0.290. The van der Waals surface area contributed by atoms with Crippen molar-refractivity contribution in [3.63, 3.8) is 0 Å². The summed E-state index contributed by atoms with van der Waals surface area (Å²) in [5.74, 6) is 0.376. The van der Waals surface area contributed by atoms with Gasteiger partial charge in [0.05, 0.1) is 23.2 Å². The lowest BCUT2D eigenvalue weighted by atomic mass is 10.2. The molecule has 1 atom stereocenters. The standard InChI is InChI=1S/C11H12N4O4/c16-5-8(17)4-12-11-9-3-7(15(18)19)1-2-10(9)13-6-14-11/h1-3,6,8,16-17H,4-5H2,(H,12,13,14). The van der Waals surface area contributed by atoms with Crippen molar-refractivity contribution in [3.8, 4) is 0 Å². The van der Waals surface area contributed by atoms with Crippen molar-refractivity contribution in [2.24, 2.45) is 0 Å². The van der Waals surface area contributed by atoms with E-state index in [0.717, 1.165) is 0 Å². The van der Waals surface area contributed by atoms with Crippen LogP contribution in [0.4, 0.5) is 11.5 Å². The lowest BCUT2D eigenvalue weighted by Gasteiger charge is -2.10. The molecule has 1 heterocycles. The minimum Gasteiger partial charge on any atom is -0.394 e. The van der Waals surface area contributed by atoms with Gasteiger partial charge in [0.2, 0.25) is 0 Å². The second-order valence-electron chi connectivity index (χ2n) is 3.90. The maximum absolute atomic E-state index is 10.7. The molecule has 0 aliphatic carbocycles. The molecule has 100 valence electrons. The number of aromatic nitrogens is 2. The lowest BCUT2D eigenvalue weighted by Crippen LogP contribution is -2.23. The number of nitro benzene ring substituents is 1. The summed E-state index contributed by atoms with van der Waals surface area (Å²) >= 11 is 0. The highest BCUT2D eigenvalue weighted by Gasteiger charge is 2.11.